The molecule has 6 rings (SSSR count). The second-order valence-electron chi connectivity index (χ2n) is 8.78. The molecule has 2 heterocycles. The first-order valence-electron chi connectivity index (χ1n) is 11.7. The molecule has 0 saturated carbocycles. The van der Waals surface area contributed by atoms with Gasteiger partial charge in [0.1, 0.15) is 0 Å². The largest absolute Gasteiger partial charge is 2.00 e. The quantitative estimate of drug-likeness (QED) is 0.187. The van der Waals surface area contributed by atoms with E-state index >= 15 is 0 Å². The van der Waals surface area contributed by atoms with Gasteiger partial charge in [-0.25, -0.2) is 0 Å². The molecule has 2 aliphatic heterocycles. The topological polar surface area (TPSA) is 0 Å². The van der Waals surface area contributed by atoms with E-state index in [9.17, 15) is 0 Å². The fourth-order valence-electron chi connectivity index (χ4n) is 4.94. The molecule has 0 bridgehead atoms. The molecule has 0 N–H and O–H groups in total. The number of hydrogen-bond acceptors (Lipinski definition) is 0. The van der Waals surface area contributed by atoms with Crippen molar-refractivity contribution in [3.05, 3.63) is 72.8 Å². The van der Waals surface area contributed by atoms with Crippen LogP contribution in [0.25, 0.3) is 21.5 Å². The second kappa shape index (κ2) is 11.5. The first-order chi connectivity index (χ1) is 14.9. The summed E-state index contributed by atoms with van der Waals surface area (Å²) in [7, 11) is 0.373. The van der Waals surface area contributed by atoms with Gasteiger partial charge in [0.2, 0.25) is 0 Å². The van der Waals surface area contributed by atoms with E-state index in [1.54, 1.807) is 10.6 Å². The zero-order valence-electron chi connectivity index (χ0n) is 18.4. The Morgan fingerprint density at radius 3 is 1.29 bits per heavy atom. The Kier molecular flexibility index (Phi) is 8.74. The van der Waals surface area contributed by atoms with E-state index in [1.807, 2.05) is 0 Å². The van der Waals surface area contributed by atoms with Crippen LogP contribution in [-0.4, -0.2) is 24.6 Å². The third-order valence-electron chi connectivity index (χ3n) is 6.65. The maximum absolute atomic E-state index is 2.42. The summed E-state index contributed by atoms with van der Waals surface area (Å²) in [6, 6.07) is 27.2. The van der Waals surface area contributed by atoms with E-state index in [0.29, 0.717) is 0 Å². The zero-order valence-corrected chi connectivity index (χ0v) is 22.6. The predicted molar refractivity (Wildman–Crippen MR) is 139 cm³/mol. The van der Waals surface area contributed by atoms with Gasteiger partial charge in [0.25, 0.3) is 0 Å². The Hall–Kier alpha value is -0.597. The minimum absolute atomic E-state index is 0. The normalized spacial score (nSPS) is 17.8. The van der Waals surface area contributed by atoms with Gasteiger partial charge in [0, 0.05) is 0 Å². The van der Waals surface area contributed by atoms with Gasteiger partial charge in [0.05, 0.1) is 0 Å². The Labute approximate surface area is 209 Å². The van der Waals surface area contributed by atoms with Crippen LogP contribution in [0.3, 0.4) is 0 Å². The van der Waals surface area contributed by atoms with Crippen molar-refractivity contribution in [2.24, 2.45) is 0 Å². The minimum Gasteiger partial charge on any atom is -0.161 e. The number of hydrogen-bond donors (Lipinski definition) is 0. The van der Waals surface area contributed by atoms with E-state index in [0.717, 1.165) is 0 Å². The molecule has 4 aromatic carbocycles. The summed E-state index contributed by atoms with van der Waals surface area (Å²) in [5, 5.41) is 9.01. The Balaban J connectivity index is 0.000000144. The maximum atomic E-state index is 2.42. The summed E-state index contributed by atoms with van der Waals surface area (Å²) in [4.78, 5) is 0. The number of rotatable bonds is 2. The molecule has 0 amide bonds. The molecule has 2 fully saturated rings. The van der Waals surface area contributed by atoms with E-state index in [-0.39, 0.29) is 42.0 Å². The van der Waals surface area contributed by atoms with Gasteiger partial charge in [0.15, 0.2) is 0 Å². The van der Waals surface area contributed by atoms with E-state index < -0.39 is 0 Å². The van der Waals surface area contributed by atoms with Crippen molar-refractivity contribution in [1.82, 2.24) is 0 Å². The minimum atomic E-state index is 0. The van der Waals surface area contributed by atoms with E-state index in [1.165, 1.54) is 84.7 Å². The fourth-order valence-corrected chi connectivity index (χ4v) is 10.1. The molecular formula is C28H32P2Zr. The van der Waals surface area contributed by atoms with Crippen molar-refractivity contribution in [1.29, 1.82) is 0 Å². The predicted octanol–water partition coefficient (Wildman–Crippen LogP) is 7.70. The zero-order chi connectivity index (χ0) is 20.2. The summed E-state index contributed by atoms with van der Waals surface area (Å²) in [6.07, 6.45) is 14.6. The van der Waals surface area contributed by atoms with Gasteiger partial charge in [-0.3, -0.25) is 0 Å². The first kappa shape index (κ1) is 23.6. The third-order valence-corrected chi connectivity index (χ3v) is 12.0. The summed E-state index contributed by atoms with van der Waals surface area (Å²) in [5.41, 5.74) is 0. The van der Waals surface area contributed by atoms with Crippen molar-refractivity contribution in [3.63, 3.8) is 0 Å². The summed E-state index contributed by atoms with van der Waals surface area (Å²) >= 11 is 0. The first-order valence-corrected chi connectivity index (χ1v) is 15.1. The molecule has 158 valence electrons. The molecular weight excluding hydrogens is 489 g/mol. The molecule has 0 aliphatic carbocycles. The number of benzene rings is 2. The molecule has 0 atom stereocenters. The van der Waals surface area contributed by atoms with Crippen LogP contribution in [0, 0.1) is 0 Å². The summed E-state index contributed by atoms with van der Waals surface area (Å²) in [5.74, 6) is 0. The van der Waals surface area contributed by atoms with Crippen LogP contribution in [0.15, 0.2) is 72.8 Å². The van der Waals surface area contributed by atoms with Crippen molar-refractivity contribution in [3.8, 4) is 0 Å². The van der Waals surface area contributed by atoms with Crippen molar-refractivity contribution >= 4 is 48.0 Å². The molecule has 0 nitrogen and oxygen atoms in total. The molecule has 0 aromatic heterocycles. The Morgan fingerprint density at radius 2 is 0.903 bits per heavy atom. The number of fused-ring (bicyclic) bond motifs is 2. The molecule has 0 unspecified atom stereocenters. The van der Waals surface area contributed by atoms with Crippen molar-refractivity contribution in [2.75, 3.05) is 24.6 Å². The van der Waals surface area contributed by atoms with Crippen molar-refractivity contribution in [2.45, 2.75) is 38.5 Å². The van der Waals surface area contributed by atoms with Crippen LogP contribution in [0.1, 0.15) is 38.5 Å². The van der Waals surface area contributed by atoms with Crippen LogP contribution in [0.4, 0.5) is 0 Å². The van der Waals surface area contributed by atoms with Crippen LogP contribution < -0.4 is 10.6 Å². The molecule has 0 radical (unpaired) electrons. The van der Waals surface area contributed by atoms with E-state index in [4.69, 9.17) is 0 Å². The van der Waals surface area contributed by atoms with Crippen LogP contribution in [0.5, 0.6) is 0 Å². The Bertz CT molecular complexity index is 926. The van der Waals surface area contributed by atoms with Gasteiger partial charge in [-0.05, 0) is 50.3 Å². The van der Waals surface area contributed by atoms with Crippen LogP contribution in [-0.2, 0) is 26.2 Å². The molecule has 4 aromatic rings. The van der Waals surface area contributed by atoms with Crippen LogP contribution >= 0.6 is 15.8 Å². The molecule has 2 aliphatic rings. The van der Waals surface area contributed by atoms with Gasteiger partial charge >= 0.3 is 26.2 Å². The van der Waals surface area contributed by atoms with Gasteiger partial charge < -0.3 is 0 Å². The van der Waals surface area contributed by atoms with Crippen molar-refractivity contribution < 1.29 is 26.2 Å². The fraction of sp³-hybridized carbons (Fsp3) is 0.357. The third kappa shape index (κ3) is 5.86. The maximum Gasteiger partial charge on any atom is 2.00 e. The van der Waals surface area contributed by atoms with Gasteiger partial charge in [-0.2, -0.15) is 12.1 Å². The Morgan fingerprint density at radius 1 is 0.516 bits per heavy atom. The SMILES string of the molecule is [Zr+2].c1ccc2[cH-]c(P3CCCCC3)cc2c1.c1ccc2[cH-]c(P3CCCCC3)cc2c1. The summed E-state index contributed by atoms with van der Waals surface area (Å²) in [6.45, 7) is 0. The smallest absolute Gasteiger partial charge is 0.161 e. The monoisotopic (exact) mass is 520 g/mol. The second-order valence-corrected chi connectivity index (χ2v) is 13.8. The average molecular weight is 522 g/mol. The van der Waals surface area contributed by atoms with Gasteiger partial charge in [-0.1, -0.05) is 40.8 Å². The van der Waals surface area contributed by atoms with Crippen LogP contribution in [0.2, 0.25) is 0 Å². The van der Waals surface area contributed by atoms with E-state index in [2.05, 4.69) is 72.8 Å². The summed E-state index contributed by atoms with van der Waals surface area (Å²) < 4.78 is 0. The molecule has 0 spiro atoms. The standard InChI is InChI=1S/2C14H16P.Zr/c2*1-4-8-15(9-5-1)14-10-12-6-2-3-7-13(12)11-14;/h2*2-3,6-7,10-11H,1,4-5,8-9H2;/q2*-1;+2. The molecule has 2 saturated heterocycles. The molecule has 31 heavy (non-hydrogen) atoms. The molecule has 3 heteroatoms. The average Bonchev–Trinajstić information content (AvgIpc) is 3.45. The van der Waals surface area contributed by atoms with Gasteiger partial charge in [-0.15, -0.1) is 80.7 Å².